The summed E-state index contributed by atoms with van der Waals surface area (Å²) in [6, 6.07) is 9.80. The zero-order valence-electron chi connectivity index (χ0n) is 12.0. The molecule has 2 rings (SSSR count). The Morgan fingerprint density at radius 3 is 2.48 bits per heavy atom. The predicted molar refractivity (Wildman–Crippen MR) is 80.5 cm³/mol. The number of piperidine rings is 1. The van der Waals surface area contributed by atoms with Gasteiger partial charge < -0.3 is 16.4 Å². The molecule has 1 saturated heterocycles. The first-order chi connectivity index (χ1) is 10.1. The Bertz CT molecular complexity index is 470. The Hall–Kier alpha value is -2.08. The largest absolute Gasteiger partial charge is 0.369 e. The number of hydrogen-bond donors (Lipinski definition) is 3. The maximum absolute atomic E-state index is 11.8. The van der Waals surface area contributed by atoms with E-state index in [4.69, 9.17) is 5.73 Å². The molecule has 0 aromatic heterocycles. The zero-order valence-corrected chi connectivity index (χ0v) is 12.0. The number of benzene rings is 1. The summed E-state index contributed by atoms with van der Waals surface area (Å²) < 4.78 is 0. The van der Waals surface area contributed by atoms with Crippen molar-refractivity contribution >= 4 is 11.9 Å². The highest BCUT2D eigenvalue weighted by Gasteiger charge is 2.21. The topological polar surface area (TPSA) is 87.5 Å². The monoisotopic (exact) mass is 290 g/mol. The van der Waals surface area contributed by atoms with E-state index in [9.17, 15) is 9.59 Å². The van der Waals surface area contributed by atoms with Crippen molar-refractivity contribution in [1.82, 2.24) is 15.5 Å². The van der Waals surface area contributed by atoms with Crippen molar-refractivity contribution in [1.29, 1.82) is 0 Å². The first-order valence-electron chi connectivity index (χ1n) is 7.22. The van der Waals surface area contributed by atoms with E-state index in [1.54, 1.807) is 0 Å². The maximum atomic E-state index is 11.8. The van der Waals surface area contributed by atoms with Crippen LogP contribution in [-0.4, -0.2) is 42.5 Å². The van der Waals surface area contributed by atoms with Gasteiger partial charge in [0.2, 0.25) is 5.91 Å². The molecule has 1 heterocycles. The Labute approximate surface area is 124 Å². The molecule has 0 spiro atoms. The Kier molecular flexibility index (Phi) is 5.57. The molecule has 6 heteroatoms. The summed E-state index contributed by atoms with van der Waals surface area (Å²) in [5, 5.41) is 5.82. The van der Waals surface area contributed by atoms with Crippen molar-refractivity contribution in [2.24, 2.45) is 5.73 Å². The molecular formula is C15H22N4O2. The second-order valence-corrected chi connectivity index (χ2v) is 5.33. The lowest BCUT2D eigenvalue weighted by molar-refractivity contribution is -0.119. The SMILES string of the molecule is NC(=O)CN1CCC(NC(=O)NCc2ccccc2)CC1. The van der Waals surface area contributed by atoms with E-state index < -0.39 is 0 Å². The van der Waals surface area contributed by atoms with Gasteiger partial charge in [-0.1, -0.05) is 30.3 Å². The van der Waals surface area contributed by atoms with E-state index in [1.165, 1.54) is 0 Å². The summed E-state index contributed by atoms with van der Waals surface area (Å²) in [5.41, 5.74) is 6.25. The van der Waals surface area contributed by atoms with Gasteiger partial charge in [0.25, 0.3) is 0 Å². The van der Waals surface area contributed by atoms with Crippen LogP contribution in [0.3, 0.4) is 0 Å². The average Bonchev–Trinajstić information content (AvgIpc) is 2.48. The summed E-state index contributed by atoms with van der Waals surface area (Å²) in [6.07, 6.45) is 1.68. The Morgan fingerprint density at radius 2 is 1.86 bits per heavy atom. The molecule has 1 aliphatic heterocycles. The maximum Gasteiger partial charge on any atom is 0.315 e. The van der Waals surface area contributed by atoms with Crippen LogP contribution in [0.25, 0.3) is 0 Å². The predicted octanol–water partition coefficient (Wildman–Crippen LogP) is 0.435. The van der Waals surface area contributed by atoms with Crippen LogP contribution in [0.4, 0.5) is 4.79 Å². The molecule has 1 aromatic carbocycles. The van der Waals surface area contributed by atoms with Gasteiger partial charge in [-0.2, -0.15) is 0 Å². The number of likely N-dealkylation sites (tertiary alicyclic amines) is 1. The Morgan fingerprint density at radius 1 is 1.19 bits per heavy atom. The highest BCUT2D eigenvalue weighted by molar-refractivity contribution is 5.76. The number of urea groups is 1. The lowest BCUT2D eigenvalue weighted by Crippen LogP contribution is -2.49. The number of carbonyl (C=O) groups is 2. The number of nitrogens with two attached hydrogens (primary N) is 1. The van der Waals surface area contributed by atoms with Crippen molar-refractivity contribution in [2.75, 3.05) is 19.6 Å². The molecule has 0 aliphatic carbocycles. The summed E-state index contributed by atoms with van der Waals surface area (Å²) in [7, 11) is 0. The standard InChI is InChI=1S/C15H22N4O2/c16-14(20)11-19-8-6-13(7-9-19)18-15(21)17-10-12-4-2-1-3-5-12/h1-5,13H,6-11H2,(H2,16,20)(H2,17,18,21). The van der Waals surface area contributed by atoms with Crippen molar-refractivity contribution in [2.45, 2.75) is 25.4 Å². The molecule has 1 fully saturated rings. The lowest BCUT2D eigenvalue weighted by Gasteiger charge is -2.31. The first-order valence-corrected chi connectivity index (χ1v) is 7.22. The van der Waals surface area contributed by atoms with E-state index in [-0.39, 0.29) is 18.0 Å². The number of nitrogens with one attached hydrogen (secondary N) is 2. The van der Waals surface area contributed by atoms with Crippen LogP contribution in [0.15, 0.2) is 30.3 Å². The van der Waals surface area contributed by atoms with Crippen molar-refractivity contribution in [3.63, 3.8) is 0 Å². The minimum atomic E-state index is -0.304. The highest BCUT2D eigenvalue weighted by atomic mass is 16.2. The van der Waals surface area contributed by atoms with Crippen LogP contribution < -0.4 is 16.4 Å². The van der Waals surface area contributed by atoms with Gasteiger partial charge in [0.1, 0.15) is 0 Å². The van der Waals surface area contributed by atoms with Gasteiger partial charge >= 0.3 is 6.03 Å². The fraction of sp³-hybridized carbons (Fsp3) is 0.467. The van der Waals surface area contributed by atoms with Crippen LogP contribution in [0.5, 0.6) is 0 Å². The van der Waals surface area contributed by atoms with Crippen LogP contribution in [-0.2, 0) is 11.3 Å². The smallest absolute Gasteiger partial charge is 0.315 e. The third kappa shape index (κ3) is 5.43. The van der Waals surface area contributed by atoms with Crippen LogP contribution in [0, 0.1) is 0 Å². The number of nitrogens with zero attached hydrogens (tertiary/aromatic N) is 1. The zero-order chi connectivity index (χ0) is 15.1. The molecule has 21 heavy (non-hydrogen) atoms. The van der Waals surface area contributed by atoms with Gasteiger partial charge in [0.05, 0.1) is 6.54 Å². The molecule has 0 radical (unpaired) electrons. The molecule has 0 unspecified atom stereocenters. The Balaban J connectivity index is 1.66. The second-order valence-electron chi connectivity index (χ2n) is 5.33. The number of carbonyl (C=O) groups excluding carboxylic acids is 2. The first kappa shape index (κ1) is 15.3. The highest BCUT2D eigenvalue weighted by Crippen LogP contribution is 2.09. The van der Waals surface area contributed by atoms with Crippen molar-refractivity contribution in [3.8, 4) is 0 Å². The minimum Gasteiger partial charge on any atom is -0.369 e. The van der Waals surface area contributed by atoms with Crippen LogP contribution in [0.1, 0.15) is 18.4 Å². The van der Waals surface area contributed by atoms with Gasteiger partial charge in [-0.25, -0.2) is 4.79 Å². The second kappa shape index (κ2) is 7.64. The molecule has 1 aromatic rings. The van der Waals surface area contributed by atoms with E-state index in [2.05, 4.69) is 10.6 Å². The molecule has 1 aliphatic rings. The molecular weight excluding hydrogens is 268 g/mol. The molecule has 0 atom stereocenters. The summed E-state index contributed by atoms with van der Waals surface area (Å²) in [4.78, 5) is 24.7. The fourth-order valence-corrected chi connectivity index (χ4v) is 2.47. The fourth-order valence-electron chi connectivity index (χ4n) is 2.47. The van der Waals surface area contributed by atoms with Gasteiger partial charge in [0, 0.05) is 25.7 Å². The van der Waals surface area contributed by atoms with E-state index in [0.717, 1.165) is 31.5 Å². The van der Waals surface area contributed by atoms with Crippen molar-refractivity contribution < 1.29 is 9.59 Å². The number of rotatable bonds is 5. The van der Waals surface area contributed by atoms with Crippen molar-refractivity contribution in [3.05, 3.63) is 35.9 Å². The summed E-state index contributed by atoms with van der Waals surface area (Å²) >= 11 is 0. The third-order valence-electron chi connectivity index (χ3n) is 3.60. The van der Waals surface area contributed by atoms with E-state index >= 15 is 0 Å². The number of primary amides is 1. The molecule has 3 amide bonds. The van der Waals surface area contributed by atoms with Crippen LogP contribution >= 0.6 is 0 Å². The molecule has 4 N–H and O–H groups in total. The number of hydrogen-bond acceptors (Lipinski definition) is 3. The minimum absolute atomic E-state index is 0.146. The normalized spacial score (nSPS) is 16.4. The van der Waals surface area contributed by atoms with E-state index in [0.29, 0.717) is 13.1 Å². The van der Waals surface area contributed by atoms with E-state index in [1.807, 2.05) is 35.2 Å². The lowest BCUT2D eigenvalue weighted by atomic mass is 10.1. The average molecular weight is 290 g/mol. The quantitative estimate of drug-likeness (QED) is 0.735. The molecule has 6 nitrogen and oxygen atoms in total. The van der Waals surface area contributed by atoms with Gasteiger partial charge in [-0.15, -0.1) is 0 Å². The molecule has 0 bridgehead atoms. The summed E-state index contributed by atoms with van der Waals surface area (Å²) in [6.45, 7) is 2.39. The van der Waals surface area contributed by atoms with Gasteiger partial charge in [0.15, 0.2) is 0 Å². The molecule has 114 valence electrons. The third-order valence-corrected chi connectivity index (χ3v) is 3.60. The molecule has 0 saturated carbocycles. The van der Waals surface area contributed by atoms with Gasteiger partial charge in [-0.3, -0.25) is 9.69 Å². The van der Waals surface area contributed by atoms with Gasteiger partial charge in [-0.05, 0) is 18.4 Å². The van der Waals surface area contributed by atoms with Crippen LogP contribution in [0.2, 0.25) is 0 Å². The number of amides is 3. The summed E-state index contributed by atoms with van der Waals surface area (Å²) in [5.74, 6) is -0.304.